The van der Waals surface area contributed by atoms with Gasteiger partial charge in [-0.3, -0.25) is 9.69 Å². The molecule has 3 aliphatic rings. The second-order valence-corrected chi connectivity index (χ2v) is 19.7. The Morgan fingerprint density at radius 1 is 0.678 bits per heavy atom. The number of benzene rings is 1. The molecule has 3 amide bonds. The van der Waals surface area contributed by atoms with Gasteiger partial charge in [0, 0.05) is 6.04 Å². The van der Waals surface area contributed by atoms with Crippen molar-refractivity contribution in [2.45, 2.75) is 257 Å². The highest BCUT2D eigenvalue weighted by molar-refractivity contribution is 5.95. The summed E-state index contributed by atoms with van der Waals surface area (Å²) in [5.74, 6) is -1.04. The van der Waals surface area contributed by atoms with Gasteiger partial charge in [0.1, 0.15) is 11.7 Å². The van der Waals surface area contributed by atoms with Gasteiger partial charge in [-0.2, -0.15) is 0 Å². The average molecular weight is 823 g/mol. The van der Waals surface area contributed by atoms with Gasteiger partial charge >= 0.3 is 12.2 Å². The predicted octanol–water partition coefficient (Wildman–Crippen LogP) is 14.0. The number of imide groups is 1. The Morgan fingerprint density at radius 3 is 1.51 bits per heavy atom. The molecule has 2 saturated heterocycles. The Hall–Kier alpha value is -2.61. The number of carbonyl (C=O) groups excluding carboxylic acids is 3. The molecule has 2 aliphatic heterocycles. The van der Waals surface area contributed by atoms with Crippen LogP contribution in [0.2, 0.25) is 0 Å². The Balaban J connectivity index is 1.42. The molecule has 3 fully saturated rings. The van der Waals surface area contributed by atoms with Crippen molar-refractivity contribution in [2.24, 2.45) is 11.8 Å². The van der Waals surface area contributed by atoms with Crippen LogP contribution in [0.25, 0.3) is 0 Å². The molecular formula is C51H86N2O6. The third kappa shape index (κ3) is 17.4. The minimum atomic E-state index is -1.17. The number of amides is 3. The van der Waals surface area contributed by atoms with Crippen LogP contribution in [0.3, 0.4) is 0 Å². The lowest BCUT2D eigenvalue weighted by Crippen LogP contribution is -2.55. The summed E-state index contributed by atoms with van der Waals surface area (Å²) in [6.07, 6.45) is 33.5. The van der Waals surface area contributed by atoms with E-state index in [2.05, 4.69) is 0 Å². The SMILES string of the molecule is C[C@@H]1[C@H](c2ccccc2)OC(=O)N1C(=O)[C@H](C)[C@@H](O)[C@@H]1CCCCCCCCCCCCCCCCCCCCCCCCCCCC[C@H]2C[C@@H]2N1C(=O)OC(C)(C)C. The van der Waals surface area contributed by atoms with Crippen molar-refractivity contribution < 1.29 is 29.0 Å². The van der Waals surface area contributed by atoms with E-state index < -0.39 is 53.9 Å². The molecule has 0 unspecified atom stereocenters. The smallest absolute Gasteiger partial charge is 0.417 e. The monoisotopic (exact) mass is 823 g/mol. The van der Waals surface area contributed by atoms with Gasteiger partial charge in [0.15, 0.2) is 0 Å². The number of hydrogen-bond donors (Lipinski definition) is 1. The number of hydrogen-bond acceptors (Lipinski definition) is 6. The number of aliphatic hydroxyl groups is 1. The van der Waals surface area contributed by atoms with Crippen molar-refractivity contribution in [3.63, 3.8) is 0 Å². The molecule has 1 saturated carbocycles. The first kappa shape index (κ1) is 49.0. The van der Waals surface area contributed by atoms with E-state index in [4.69, 9.17) is 9.47 Å². The molecular weight excluding hydrogens is 737 g/mol. The molecule has 8 heteroatoms. The number of carbonyl (C=O) groups is 3. The van der Waals surface area contributed by atoms with Crippen molar-refractivity contribution in [3.8, 4) is 0 Å². The molecule has 59 heavy (non-hydrogen) atoms. The van der Waals surface area contributed by atoms with Gasteiger partial charge in [-0.1, -0.05) is 204 Å². The molecule has 0 aromatic heterocycles. The number of aliphatic hydroxyl groups excluding tert-OH is 1. The third-order valence-corrected chi connectivity index (χ3v) is 13.5. The van der Waals surface area contributed by atoms with Crippen LogP contribution in [0, 0.1) is 11.8 Å². The van der Waals surface area contributed by atoms with Crippen molar-refractivity contribution in [2.75, 3.05) is 0 Å². The highest BCUT2D eigenvalue weighted by atomic mass is 16.6. The summed E-state index contributed by atoms with van der Waals surface area (Å²) in [5, 5.41) is 12.3. The quantitative estimate of drug-likeness (QED) is 0.325. The van der Waals surface area contributed by atoms with Crippen LogP contribution < -0.4 is 0 Å². The van der Waals surface area contributed by atoms with Crippen LogP contribution in [0.1, 0.15) is 232 Å². The summed E-state index contributed by atoms with van der Waals surface area (Å²) in [7, 11) is 0. The Labute approximate surface area is 360 Å². The minimum Gasteiger partial charge on any atom is -0.444 e. The maximum absolute atomic E-state index is 14.2. The third-order valence-electron chi connectivity index (χ3n) is 13.5. The van der Waals surface area contributed by atoms with Crippen molar-refractivity contribution in [3.05, 3.63) is 35.9 Å². The van der Waals surface area contributed by atoms with Crippen LogP contribution in [0.15, 0.2) is 30.3 Å². The number of ether oxygens (including phenoxy) is 2. The van der Waals surface area contributed by atoms with Crippen LogP contribution in [0.5, 0.6) is 0 Å². The van der Waals surface area contributed by atoms with Crippen molar-refractivity contribution in [1.82, 2.24) is 9.80 Å². The van der Waals surface area contributed by atoms with Gasteiger partial charge < -0.3 is 14.6 Å². The lowest BCUT2D eigenvalue weighted by molar-refractivity contribution is -0.138. The lowest BCUT2D eigenvalue weighted by Gasteiger charge is -2.39. The van der Waals surface area contributed by atoms with E-state index in [1.54, 1.807) is 6.92 Å². The Morgan fingerprint density at radius 2 is 1.08 bits per heavy atom. The van der Waals surface area contributed by atoms with E-state index in [9.17, 15) is 19.5 Å². The van der Waals surface area contributed by atoms with E-state index >= 15 is 0 Å². The Kier molecular flexibility index (Phi) is 22.2. The zero-order valence-corrected chi connectivity index (χ0v) is 38.3. The van der Waals surface area contributed by atoms with Crippen molar-refractivity contribution in [1.29, 1.82) is 0 Å². The fraction of sp³-hybridized carbons (Fsp3) is 0.824. The molecule has 1 aliphatic carbocycles. The second kappa shape index (κ2) is 26.7. The molecule has 1 aromatic carbocycles. The first-order valence-electron chi connectivity index (χ1n) is 24.8. The molecule has 336 valence electrons. The minimum absolute atomic E-state index is 0.0287. The second-order valence-electron chi connectivity index (χ2n) is 19.7. The zero-order valence-electron chi connectivity index (χ0n) is 38.3. The number of nitrogens with zero attached hydrogens (tertiary/aromatic N) is 2. The molecule has 0 bridgehead atoms. The molecule has 8 nitrogen and oxygen atoms in total. The van der Waals surface area contributed by atoms with Gasteiger partial charge in [-0.25, -0.2) is 14.5 Å². The summed E-state index contributed by atoms with van der Waals surface area (Å²) < 4.78 is 11.8. The van der Waals surface area contributed by atoms with Crippen LogP contribution in [0.4, 0.5) is 9.59 Å². The van der Waals surface area contributed by atoms with Gasteiger partial charge in [-0.15, -0.1) is 0 Å². The van der Waals surface area contributed by atoms with Crippen molar-refractivity contribution >= 4 is 18.1 Å². The fourth-order valence-corrected chi connectivity index (χ4v) is 9.74. The number of fused-ring (bicyclic) bond motifs is 1. The maximum Gasteiger partial charge on any atom is 0.417 e. The Bertz CT molecular complexity index is 1330. The summed E-state index contributed by atoms with van der Waals surface area (Å²) in [6, 6.07) is 8.32. The van der Waals surface area contributed by atoms with Gasteiger partial charge in [0.25, 0.3) is 0 Å². The number of cyclic esters (lactones) is 1. The summed E-state index contributed by atoms with van der Waals surface area (Å²) >= 11 is 0. The summed E-state index contributed by atoms with van der Waals surface area (Å²) in [6.45, 7) is 9.17. The molecule has 2 heterocycles. The largest absolute Gasteiger partial charge is 0.444 e. The molecule has 1 N–H and O–H groups in total. The standard InChI is InChI=1S/C51H86N2O6/c1-40(48(55)52-41(2)47(58-49(52)56)42-35-32-30-33-36-42)46(54)44-38-34-29-27-25-23-21-19-17-15-13-11-9-7-6-8-10-12-14-16-18-20-22-24-26-28-31-37-43-39-45(43)53(44)50(57)59-51(3,4)5/h30,32-33,35-36,40-41,43-47,54H,6-29,31,34,37-39H2,1-5H3/t40-,41-,43+,44+,45+,46-,47-/m1/s1. The van der Waals surface area contributed by atoms with Gasteiger partial charge in [-0.05, 0) is 58.4 Å². The fourth-order valence-electron chi connectivity index (χ4n) is 9.74. The molecule has 0 spiro atoms. The topological polar surface area (TPSA) is 96.4 Å². The normalized spacial score (nSPS) is 27.8. The lowest BCUT2D eigenvalue weighted by atomic mass is 9.90. The number of rotatable bonds is 4. The molecule has 0 radical (unpaired) electrons. The summed E-state index contributed by atoms with van der Waals surface area (Å²) in [4.78, 5) is 44.7. The van der Waals surface area contributed by atoms with E-state index in [1.807, 2.05) is 62.9 Å². The van der Waals surface area contributed by atoms with E-state index in [-0.39, 0.29) is 6.04 Å². The van der Waals surface area contributed by atoms with Gasteiger partial charge in [0.05, 0.1) is 24.1 Å². The predicted molar refractivity (Wildman–Crippen MR) is 240 cm³/mol. The van der Waals surface area contributed by atoms with E-state index in [0.717, 1.165) is 44.1 Å². The average Bonchev–Trinajstić information content (AvgIpc) is 3.90. The maximum atomic E-state index is 14.2. The first-order valence-corrected chi connectivity index (χ1v) is 24.8. The highest BCUT2D eigenvalue weighted by Crippen LogP contribution is 2.43. The summed E-state index contributed by atoms with van der Waals surface area (Å²) in [5.41, 5.74) is 0.124. The first-order chi connectivity index (χ1) is 28.5. The van der Waals surface area contributed by atoms with E-state index in [0.29, 0.717) is 12.3 Å². The highest BCUT2D eigenvalue weighted by Gasteiger charge is 2.51. The zero-order chi connectivity index (χ0) is 42.5. The van der Waals surface area contributed by atoms with Crippen LogP contribution >= 0.6 is 0 Å². The molecule has 1 aromatic rings. The van der Waals surface area contributed by atoms with Gasteiger partial charge in [0.2, 0.25) is 5.91 Å². The molecule has 4 rings (SSSR count). The molecule has 7 atom stereocenters. The van der Waals surface area contributed by atoms with E-state index in [1.165, 1.54) is 146 Å². The van der Waals surface area contributed by atoms with Crippen LogP contribution in [-0.2, 0) is 14.3 Å². The van der Waals surface area contributed by atoms with Crippen LogP contribution in [-0.4, -0.2) is 62.8 Å².